The van der Waals surface area contributed by atoms with Gasteiger partial charge in [-0.25, -0.2) is 0 Å². The van der Waals surface area contributed by atoms with E-state index < -0.39 is 0 Å². The summed E-state index contributed by atoms with van der Waals surface area (Å²) in [5.74, 6) is 0.0449. The number of nitrogens with one attached hydrogen (secondary N) is 1. The van der Waals surface area contributed by atoms with Crippen molar-refractivity contribution < 1.29 is 9.32 Å². The van der Waals surface area contributed by atoms with E-state index in [9.17, 15) is 4.79 Å². The van der Waals surface area contributed by atoms with Crippen LogP contribution in [0.2, 0.25) is 10.0 Å². The van der Waals surface area contributed by atoms with Crippen molar-refractivity contribution in [2.24, 2.45) is 0 Å². The molecule has 3 aromatic rings. The van der Waals surface area contributed by atoms with E-state index in [4.69, 9.17) is 33.5 Å². The Bertz CT molecular complexity index is 884. The Labute approximate surface area is 148 Å². The van der Waals surface area contributed by atoms with Crippen LogP contribution in [-0.4, -0.2) is 11.1 Å². The van der Waals surface area contributed by atoms with Crippen LogP contribution in [0.1, 0.15) is 16.1 Å². The number of hydrogen-bond acceptors (Lipinski definition) is 4. The van der Waals surface area contributed by atoms with Gasteiger partial charge in [-0.2, -0.15) is 0 Å². The zero-order valence-electron chi connectivity index (χ0n) is 12.6. The number of carbonyl (C=O) groups excluding carboxylic acids is 1. The third kappa shape index (κ3) is 3.09. The molecule has 0 aliphatic rings. The van der Waals surface area contributed by atoms with Crippen LogP contribution in [0.15, 0.2) is 47.0 Å². The van der Waals surface area contributed by atoms with Crippen molar-refractivity contribution in [2.45, 2.75) is 6.92 Å². The van der Waals surface area contributed by atoms with Crippen LogP contribution in [0.4, 0.5) is 11.4 Å². The molecule has 0 saturated carbocycles. The lowest BCUT2D eigenvalue weighted by Gasteiger charge is -2.09. The van der Waals surface area contributed by atoms with Gasteiger partial charge in [0.25, 0.3) is 5.91 Å². The highest BCUT2D eigenvalue weighted by atomic mass is 35.5. The fourth-order valence-corrected chi connectivity index (χ4v) is 2.77. The Hall–Kier alpha value is -2.50. The van der Waals surface area contributed by atoms with Gasteiger partial charge in [0.15, 0.2) is 0 Å². The number of halogens is 2. The molecule has 0 aliphatic carbocycles. The van der Waals surface area contributed by atoms with Crippen molar-refractivity contribution in [1.82, 2.24) is 5.16 Å². The first kappa shape index (κ1) is 16.4. The zero-order chi connectivity index (χ0) is 17.3. The highest BCUT2D eigenvalue weighted by Crippen LogP contribution is 2.32. The lowest BCUT2D eigenvalue weighted by atomic mass is 10.1. The molecule has 0 aliphatic heterocycles. The number of amides is 1. The predicted octanol–water partition coefficient (Wildman–Crippen LogP) is 4.79. The van der Waals surface area contributed by atoms with E-state index >= 15 is 0 Å². The fourth-order valence-electron chi connectivity index (χ4n) is 2.28. The molecule has 0 saturated heterocycles. The summed E-state index contributed by atoms with van der Waals surface area (Å²) in [6.45, 7) is 1.68. The Balaban J connectivity index is 1.96. The first-order valence-corrected chi connectivity index (χ1v) is 7.80. The second-order valence-electron chi connectivity index (χ2n) is 5.14. The van der Waals surface area contributed by atoms with Crippen LogP contribution in [0.3, 0.4) is 0 Å². The number of rotatable bonds is 3. The van der Waals surface area contributed by atoms with Gasteiger partial charge in [-0.15, -0.1) is 0 Å². The van der Waals surface area contributed by atoms with Gasteiger partial charge in [0.1, 0.15) is 17.0 Å². The summed E-state index contributed by atoms with van der Waals surface area (Å²) in [5.41, 5.74) is 8.01. The molecule has 1 amide bonds. The van der Waals surface area contributed by atoms with Crippen molar-refractivity contribution in [3.8, 4) is 11.3 Å². The van der Waals surface area contributed by atoms with Crippen molar-refractivity contribution in [3.63, 3.8) is 0 Å². The molecule has 7 heteroatoms. The van der Waals surface area contributed by atoms with Crippen LogP contribution in [0, 0.1) is 6.92 Å². The third-order valence-corrected chi connectivity index (χ3v) is 4.10. The van der Waals surface area contributed by atoms with E-state index in [1.165, 1.54) is 12.1 Å². The first-order valence-electron chi connectivity index (χ1n) is 7.05. The maximum absolute atomic E-state index is 12.7. The lowest BCUT2D eigenvalue weighted by Crippen LogP contribution is -2.13. The van der Waals surface area contributed by atoms with E-state index in [-0.39, 0.29) is 21.6 Å². The van der Waals surface area contributed by atoms with Crippen LogP contribution in [0.5, 0.6) is 0 Å². The Morgan fingerprint density at radius 1 is 1.17 bits per heavy atom. The van der Waals surface area contributed by atoms with Crippen LogP contribution < -0.4 is 11.1 Å². The summed E-state index contributed by atoms with van der Waals surface area (Å²) in [6, 6.07) is 12.4. The summed E-state index contributed by atoms with van der Waals surface area (Å²) in [6.07, 6.45) is 0. The smallest absolute Gasteiger partial charge is 0.261 e. The molecule has 3 rings (SSSR count). The van der Waals surface area contributed by atoms with Crippen molar-refractivity contribution in [3.05, 3.63) is 63.8 Å². The molecule has 1 heterocycles. The monoisotopic (exact) mass is 361 g/mol. The maximum Gasteiger partial charge on any atom is 0.261 e. The molecule has 0 unspecified atom stereocenters. The second-order valence-corrected chi connectivity index (χ2v) is 5.95. The summed E-state index contributed by atoms with van der Waals surface area (Å²) in [7, 11) is 0. The SMILES string of the molecule is Cc1onc(-c2ccccc2)c1C(=O)Nc1cc(Cl)c(N)c(Cl)c1. The minimum Gasteiger partial charge on any atom is -0.396 e. The summed E-state index contributed by atoms with van der Waals surface area (Å²) in [5, 5.41) is 7.26. The van der Waals surface area contributed by atoms with Crippen LogP contribution >= 0.6 is 23.2 Å². The highest BCUT2D eigenvalue weighted by Gasteiger charge is 2.22. The van der Waals surface area contributed by atoms with E-state index in [0.29, 0.717) is 22.7 Å². The van der Waals surface area contributed by atoms with Crippen LogP contribution in [-0.2, 0) is 0 Å². The minimum atomic E-state index is -0.371. The van der Waals surface area contributed by atoms with Crippen LogP contribution in [0.25, 0.3) is 11.3 Å². The van der Waals surface area contributed by atoms with Gasteiger partial charge < -0.3 is 15.6 Å². The van der Waals surface area contributed by atoms with E-state index in [0.717, 1.165) is 5.56 Å². The lowest BCUT2D eigenvalue weighted by molar-refractivity contribution is 0.102. The van der Waals surface area contributed by atoms with Gasteiger partial charge in [0.2, 0.25) is 0 Å². The summed E-state index contributed by atoms with van der Waals surface area (Å²) in [4.78, 5) is 12.7. The molecule has 2 aromatic carbocycles. The first-order chi connectivity index (χ1) is 11.5. The number of nitrogen functional groups attached to an aromatic ring is 1. The van der Waals surface area contributed by atoms with Gasteiger partial charge in [-0.3, -0.25) is 4.79 Å². The number of anilines is 2. The molecule has 1 aromatic heterocycles. The molecule has 0 radical (unpaired) electrons. The molecule has 0 spiro atoms. The van der Waals surface area contributed by atoms with Gasteiger partial charge in [0.05, 0.1) is 15.7 Å². The Kier molecular flexibility index (Phi) is 4.46. The van der Waals surface area contributed by atoms with Gasteiger partial charge >= 0.3 is 0 Å². The largest absolute Gasteiger partial charge is 0.396 e. The molecular weight excluding hydrogens is 349 g/mol. The quantitative estimate of drug-likeness (QED) is 0.657. The second kappa shape index (κ2) is 6.55. The average molecular weight is 362 g/mol. The van der Waals surface area contributed by atoms with Crippen molar-refractivity contribution in [2.75, 3.05) is 11.1 Å². The number of aryl methyl sites for hydroxylation is 1. The number of carbonyl (C=O) groups is 1. The maximum atomic E-state index is 12.7. The third-order valence-electron chi connectivity index (χ3n) is 3.47. The minimum absolute atomic E-state index is 0.266. The Morgan fingerprint density at radius 3 is 2.42 bits per heavy atom. The van der Waals surface area contributed by atoms with E-state index in [2.05, 4.69) is 10.5 Å². The number of nitrogens with two attached hydrogens (primary N) is 1. The normalized spacial score (nSPS) is 10.6. The molecular formula is C17H13Cl2N3O2. The van der Waals surface area contributed by atoms with Crippen molar-refractivity contribution >= 4 is 40.5 Å². The zero-order valence-corrected chi connectivity index (χ0v) is 14.2. The number of hydrogen-bond donors (Lipinski definition) is 2. The average Bonchev–Trinajstić information content (AvgIpc) is 2.95. The molecule has 0 fully saturated rings. The van der Waals surface area contributed by atoms with Crippen molar-refractivity contribution in [1.29, 1.82) is 0 Å². The molecule has 3 N–H and O–H groups in total. The van der Waals surface area contributed by atoms with Gasteiger partial charge in [-0.1, -0.05) is 58.7 Å². The summed E-state index contributed by atoms with van der Waals surface area (Å²) >= 11 is 12.0. The van der Waals surface area contributed by atoms with Gasteiger partial charge in [0, 0.05) is 11.3 Å². The topological polar surface area (TPSA) is 81.2 Å². The molecule has 0 bridgehead atoms. The number of benzene rings is 2. The Morgan fingerprint density at radius 2 is 1.79 bits per heavy atom. The van der Waals surface area contributed by atoms with E-state index in [1.54, 1.807) is 6.92 Å². The van der Waals surface area contributed by atoms with Gasteiger partial charge in [-0.05, 0) is 19.1 Å². The highest BCUT2D eigenvalue weighted by molar-refractivity contribution is 6.39. The predicted molar refractivity (Wildman–Crippen MR) is 95.5 cm³/mol. The molecule has 5 nitrogen and oxygen atoms in total. The molecule has 24 heavy (non-hydrogen) atoms. The fraction of sp³-hybridized carbons (Fsp3) is 0.0588. The van der Waals surface area contributed by atoms with E-state index in [1.807, 2.05) is 30.3 Å². The standard InChI is InChI=1S/C17H13Cl2N3O2/c1-9-14(16(22-24-9)10-5-3-2-4-6-10)17(23)21-11-7-12(18)15(20)13(19)8-11/h2-8H,20H2,1H3,(H,21,23). The molecule has 0 atom stereocenters. The summed E-state index contributed by atoms with van der Waals surface area (Å²) < 4.78 is 5.19. The molecule has 122 valence electrons. The number of aromatic nitrogens is 1. The number of nitrogens with zero attached hydrogens (tertiary/aromatic N) is 1.